The van der Waals surface area contributed by atoms with Crippen molar-refractivity contribution in [2.45, 2.75) is 24.7 Å². The van der Waals surface area contributed by atoms with Crippen LogP contribution in [0.3, 0.4) is 0 Å². The van der Waals surface area contributed by atoms with Gasteiger partial charge in [0.25, 0.3) is 0 Å². The third kappa shape index (κ3) is 5.24. The molecule has 178 valence electrons. The first-order valence-electron chi connectivity index (χ1n) is 11.4. The Morgan fingerprint density at radius 3 is 2.58 bits per heavy atom. The maximum Gasteiger partial charge on any atom is 0.242 e. The number of aromatic nitrogens is 1. The van der Waals surface area contributed by atoms with E-state index >= 15 is 0 Å². The van der Waals surface area contributed by atoms with Gasteiger partial charge in [-0.1, -0.05) is 12.1 Å². The Morgan fingerprint density at radius 2 is 1.82 bits per heavy atom. The average molecular weight is 472 g/mol. The molecule has 7 nitrogen and oxygen atoms in total. The van der Waals surface area contributed by atoms with Gasteiger partial charge in [0.2, 0.25) is 10.0 Å². The molecule has 2 aromatic carbocycles. The molecule has 0 atom stereocenters. The van der Waals surface area contributed by atoms with Gasteiger partial charge in [-0.2, -0.15) is 4.31 Å². The fraction of sp³-hybridized carbons (Fsp3) is 0.440. The number of H-pyrrole nitrogens is 1. The van der Waals surface area contributed by atoms with Crippen LogP contribution in [0.25, 0.3) is 22.2 Å². The number of fused-ring (bicyclic) bond motifs is 1. The van der Waals surface area contributed by atoms with Crippen molar-refractivity contribution in [3.63, 3.8) is 0 Å². The van der Waals surface area contributed by atoms with Gasteiger partial charge >= 0.3 is 0 Å². The van der Waals surface area contributed by atoms with Gasteiger partial charge in [0.15, 0.2) is 0 Å². The van der Waals surface area contributed by atoms with Crippen molar-refractivity contribution in [1.29, 1.82) is 0 Å². The smallest absolute Gasteiger partial charge is 0.242 e. The number of sulfonamides is 1. The van der Waals surface area contributed by atoms with Crippen LogP contribution in [0.15, 0.2) is 47.4 Å². The van der Waals surface area contributed by atoms with E-state index in [0.29, 0.717) is 19.8 Å². The molecule has 2 heterocycles. The summed E-state index contributed by atoms with van der Waals surface area (Å²) in [7, 11) is -0.449. The fourth-order valence-corrected chi connectivity index (χ4v) is 5.43. The van der Waals surface area contributed by atoms with Crippen molar-refractivity contribution >= 4 is 26.6 Å². The van der Waals surface area contributed by atoms with Crippen molar-refractivity contribution in [3.05, 3.63) is 48.0 Å². The lowest BCUT2D eigenvalue weighted by Crippen LogP contribution is -2.30. The Bertz CT molecular complexity index is 1200. The summed E-state index contributed by atoms with van der Waals surface area (Å²) in [5.74, 6) is 0. The predicted molar refractivity (Wildman–Crippen MR) is 132 cm³/mol. The number of aromatic amines is 1. The van der Waals surface area contributed by atoms with Crippen LogP contribution >= 0.6 is 0 Å². The lowest BCUT2D eigenvalue weighted by molar-refractivity contribution is 0.0673. The minimum Gasteiger partial charge on any atom is -0.382 e. The van der Waals surface area contributed by atoms with Crippen LogP contribution in [0.4, 0.5) is 5.69 Å². The number of likely N-dealkylation sites (N-methyl/N-ethyl adjacent to an activating group) is 1. The first kappa shape index (κ1) is 23.8. The number of rotatable bonds is 10. The van der Waals surface area contributed by atoms with Gasteiger partial charge in [-0.25, -0.2) is 8.42 Å². The largest absolute Gasteiger partial charge is 0.382 e. The molecule has 1 fully saturated rings. The number of hydrogen-bond donors (Lipinski definition) is 1. The highest BCUT2D eigenvalue weighted by molar-refractivity contribution is 7.89. The second-order valence-electron chi connectivity index (χ2n) is 8.58. The molecule has 4 rings (SSSR count). The van der Waals surface area contributed by atoms with E-state index in [2.05, 4.69) is 41.1 Å². The Morgan fingerprint density at radius 1 is 1.03 bits per heavy atom. The molecule has 1 N–H and O–H groups in total. The monoisotopic (exact) mass is 471 g/mol. The van der Waals surface area contributed by atoms with Gasteiger partial charge in [0, 0.05) is 61.6 Å². The van der Waals surface area contributed by atoms with Crippen LogP contribution in [0.5, 0.6) is 0 Å². The summed E-state index contributed by atoms with van der Waals surface area (Å²) in [5.41, 5.74) is 5.15. The minimum atomic E-state index is -3.65. The molecule has 0 aliphatic carbocycles. The zero-order valence-electron chi connectivity index (χ0n) is 19.6. The van der Waals surface area contributed by atoms with Crippen molar-refractivity contribution in [3.8, 4) is 11.3 Å². The van der Waals surface area contributed by atoms with E-state index in [9.17, 15) is 8.42 Å². The van der Waals surface area contributed by atoms with Gasteiger partial charge in [-0.15, -0.1) is 0 Å². The SMILES string of the molecule is COCCOCCN(C)S(=O)(=O)c1ccc(N2CCCC2)c(-c2cc3ccc(C)cc3[nH]2)c1. The predicted octanol–water partition coefficient (Wildman–Crippen LogP) is 4.03. The number of hydrogen-bond acceptors (Lipinski definition) is 5. The highest BCUT2D eigenvalue weighted by Gasteiger charge is 2.24. The molecule has 0 saturated carbocycles. The van der Waals surface area contributed by atoms with Gasteiger partial charge in [0.05, 0.1) is 24.7 Å². The maximum absolute atomic E-state index is 13.3. The van der Waals surface area contributed by atoms with E-state index in [0.717, 1.165) is 53.8 Å². The Balaban J connectivity index is 1.67. The highest BCUT2D eigenvalue weighted by atomic mass is 32.2. The lowest BCUT2D eigenvalue weighted by atomic mass is 10.1. The van der Waals surface area contributed by atoms with Crippen LogP contribution in [0, 0.1) is 6.92 Å². The molecular formula is C25H33N3O4S. The van der Waals surface area contributed by atoms with Crippen LogP contribution in [-0.4, -0.2) is 71.3 Å². The second-order valence-corrected chi connectivity index (χ2v) is 10.6. The van der Waals surface area contributed by atoms with Crippen LogP contribution in [0.1, 0.15) is 18.4 Å². The highest BCUT2D eigenvalue weighted by Crippen LogP contribution is 2.36. The average Bonchev–Trinajstić information content (AvgIpc) is 3.48. The summed E-state index contributed by atoms with van der Waals surface area (Å²) >= 11 is 0. The molecule has 33 heavy (non-hydrogen) atoms. The molecule has 1 aromatic heterocycles. The zero-order chi connectivity index (χ0) is 23.4. The van der Waals surface area contributed by atoms with Gasteiger partial charge in [0.1, 0.15) is 0 Å². The van der Waals surface area contributed by atoms with Gasteiger partial charge < -0.3 is 19.4 Å². The van der Waals surface area contributed by atoms with E-state index < -0.39 is 10.0 Å². The molecular weight excluding hydrogens is 438 g/mol. The standard InChI is InChI=1S/C25H33N3O4S/c1-19-6-7-20-17-24(26-23(20)16-19)22-18-21(8-9-25(22)28-10-4-5-11-28)33(29,30)27(2)12-13-32-15-14-31-3/h6-9,16-18,26H,4-5,10-15H2,1-3H3. The number of nitrogens with zero attached hydrogens (tertiary/aromatic N) is 2. The van der Waals surface area contributed by atoms with Gasteiger partial charge in [-0.3, -0.25) is 0 Å². The molecule has 0 amide bonds. The molecule has 0 bridgehead atoms. The molecule has 0 radical (unpaired) electrons. The number of nitrogens with one attached hydrogen (secondary N) is 1. The van der Waals surface area contributed by atoms with E-state index in [1.54, 1.807) is 20.2 Å². The van der Waals surface area contributed by atoms with E-state index in [-0.39, 0.29) is 11.4 Å². The third-order valence-corrected chi connectivity index (χ3v) is 8.03. The lowest BCUT2D eigenvalue weighted by Gasteiger charge is -2.23. The molecule has 1 aliphatic rings. The van der Waals surface area contributed by atoms with Gasteiger partial charge in [-0.05, 0) is 55.7 Å². The Labute approximate surface area is 196 Å². The number of ether oxygens (including phenoxy) is 2. The first-order valence-corrected chi connectivity index (χ1v) is 12.9. The van der Waals surface area contributed by atoms with Crippen molar-refractivity contribution < 1.29 is 17.9 Å². The summed E-state index contributed by atoms with van der Waals surface area (Å²) in [6.07, 6.45) is 2.30. The minimum absolute atomic E-state index is 0.279. The van der Waals surface area contributed by atoms with Crippen molar-refractivity contribution in [1.82, 2.24) is 9.29 Å². The topological polar surface area (TPSA) is 74.9 Å². The molecule has 1 saturated heterocycles. The van der Waals surface area contributed by atoms with E-state index in [1.165, 1.54) is 9.87 Å². The summed E-state index contributed by atoms with van der Waals surface area (Å²) in [6.45, 7) is 5.56. The number of methoxy groups -OCH3 is 1. The summed E-state index contributed by atoms with van der Waals surface area (Å²) in [5, 5.41) is 1.11. The van der Waals surface area contributed by atoms with Crippen LogP contribution in [0.2, 0.25) is 0 Å². The van der Waals surface area contributed by atoms with Crippen molar-refractivity contribution in [2.24, 2.45) is 0 Å². The van der Waals surface area contributed by atoms with E-state index in [1.807, 2.05) is 12.1 Å². The molecule has 0 spiro atoms. The molecule has 1 aliphatic heterocycles. The summed E-state index contributed by atoms with van der Waals surface area (Å²) < 4.78 is 38.4. The first-order chi connectivity index (χ1) is 15.9. The number of benzene rings is 2. The fourth-order valence-electron chi connectivity index (χ4n) is 4.25. The molecule has 3 aromatic rings. The number of aryl methyl sites for hydroxylation is 1. The normalized spacial score (nSPS) is 14.6. The quantitative estimate of drug-likeness (QED) is 0.452. The van der Waals surface area contributed by atoms with E-state index in [4.69, 9.17) is 9.47 Å². The second kappa shape index (κ2) is 10.3. The molecule has 8 heteroatoms. The number of anilines is 1. The Hall–Kier alpha value is -2.39. The molecule has 0 unspecified atom stereocenters. The zero-order valence-corrected chi connectivity index (χ0v) is 20.5. The maximum atomic E-state index is 13.3. The summed E-state index contributed by atoms with van der Waals surface area (Å²) in [6, 6.07) is 13.9. The Kier molecular flexibility index (Phi) is 7.38. The van der Waals surface area contributed by atoms with Crippen LogP contribution in [-0.2, 0) is 19.5 Å². The summed E-state index contributed by atoms with van der Waals surface area (Å²) in [4.78, 5) is 6.14. The van der Waals surface area contributed by atoms with Crippen molar-refractivity contribution in [2.75, 3.05) is 58.5 Å². The third-order valence-electron chi connectivity index (χ3n) is 6.17. The van der Waals surface area contributed by atoms with Crippen LogP contribution < -0.4 is 4.90 Å².